The lowest BCUT2D eigenvalue weighted by Gasteiger charge is -2.19. The standard InChI is InChI=1S/C12H16FN3O3/c1-8(2)14-11(17)7-15(3)10-6-4-5-9(13)12(10)16(18)19/h4-6,8H,7H2,1-3H3,(H,14,17). The lowest BCUT2D eigenvalue weighted by Crippen LogP contribution is -2.38. The first-order valence-corrected chi connectivity index (χ1v) is 5.76. The minimum absolute atomic E-state index is 0.0246. The molecule has 0 bridgehead atoms. The normalized spacial score (nSPS) is 10.4. The molecule has 0 aliphatic carbocycles. The van der Waals surface area contributed by atoms with Gasteiger partial charge in [0, 0.05) is 13.1 Å². The van der Waals surface area contributed by atoms with Crippen LogP contribution in [0.1, 0.15) is 13.8 Å². The fourth-order valence-corrected chi connectivity index (χ4v) is 1.66. The molecule has 1 rings (SSSR count). The number of nitrogens with zero attached hydrogens (tertiary/aromatic N) is 2. The molecular formula is C12H16FN3O3. The van der Waals surface area contributed by atoms with Crippen LogP contribution in [0.15, 0.2) is 18.2 Å². The molecule has 0 aromatic heterocycles. The number of halogens is 1. The SMILES string of the molecule is CC(C)NC(=O)CN(C)c1cccc(F)c1[N+](=O)[O-]. The number of hydrogen-bond donors (Lipinski definition) is 1. The number of carbonyl (C=O) groups excluding carboxylic acids is 1. The van der Waals surface area contributed by atoms with Crippen molar-refractivity contribution in [3.05, 3.63) is 34.1 Å². The highest BCUT2D eigenvalue weighted by molar-refractivity contribution is 5.82. The Kier molecular flexibility index (Phi) is 4.80. The van der Waals surface area contributed by atoms with Crippen molar-refractivity contribution in [2.45, 2.75) is 19.9 Å². The van der Waals surface area contributed by atoms with E-state index < -0.39 is 16.4 Å². The molecule has 0 radical (unpaired) electrons. The van der Waals surface area contributed by atoms with Crippen LogP contribution >= 0.6 is 0 Å². The van der Waals surface area contributed by atoms with Crippen LogP contribution < -0.4 is 10.2 Å². The number of anilines is 1. The molecule has 0 atom stereocenters. The molecule has 1 N–H and O–H groups in total. The molecule has 0 spiro atoms. The highest BCUT2D eigenvalue weighted by atomic mass is 19.1. The van der Waals surface area contributed by atoms with E-state index in [1.54, 1.807) is 0 Å². The molecule has 1 aromatic rings. The zero-order valence-corrected chi connectivity index (χ0v) is 11.0. The molecule has 0 aliphatic heterocycles. The third-order valence-corrected chi connectivity index (χ3v) is 2.39. The van der Waals surface area contributed by atoms with Gasteiger partial charge in [0.05, 0.1) is 11.5 Å². The second-order valence-electron chi connectivity index (χ2n) is 4.44. The summed E-state index contributed by atoms with van der Waals surface area (Å²) in [5.41, 5.74) is -0.550. The van der Waals surface area contributed by atoms with Crippen LogP contribution in [-0.2, 0) is 4.79 Å². The molecule has 104 valence electrons. The largest absolute Gasteiger partial charge is 0.360 e. The molecule has 0 aliphatic rings. The first-order chi connectivity index (χ1) is 8.82. The predicted octanol–water partition coefficient (Wildman–Crippen LogP) is 1.69. The third kappa shape index (κ3) is 3.90. The summed E-state index contributed by atoms with van der Waals surface area (Å²) >= 11 is 0. The number of para-hydroxylation sites is 1. The number of benzene rings is 1. The highest BCUT2D eigenvalue weighted by Crippen LogP contribution is 2.29. The Morgan fingerprint density at radius 1 is 1.53 bits per heavy atom. The quantitative estimate of drug-likeness (QED) is 0.652. The van der Waals surface area contributed by atoms with Crippen LogP contribution in [-0.4, -0.2) is 30.5 Å². The van der Waals surface area contributed by atoms with E-state index in [2.05, 4.69) is 5.32 Å². The van der Waals surface area contributed by atoms with Crippen LogP contribution in [0.2, 0.25) is 0 Å². The second-order valence-corrected chi connectivity index (χ2v) is 4.44. The van der Waals surface area contributed by atoms with E-state index >= 15 is 0 Å². The monoisotopic (exact) mass is 269 g/mol. The average Bonchev–Trinajstić information content (AvgIpc) is 2.26. The van der Waals surface area contributed by atoms with E-state index in [0.717, 1.165) is 6.07 Å². The Hall–Kier alpha value is -2.18. The Balaban J connectivity index is 2.94. The number of rotatable bonds is 5. The maximum absolute atomic E-state index is 13.4. The summed E-state index contributed by atoms with van der Waals surface area (Å²) < 4.78 is 13.4. The Labute approximate surface area is 110 Å². The van der Waals surface area contributed by atoms with Crippen molar-refractivity contribution in [3.8, 4) is 0 Å². The van der Waals surface area contributed by atoms with Gasteiger partial charge in [-0.25, -0.2) is 0 Å². The summed E-state index contributed by atoms with van der Waals surface area (Å²) in [5, 5.41) is 13.5. The van der Waals surface area contributed by atoms with Crippen LogP contribution in [0.25, 0.3) is 0 Å². The molecule has 6 nitrogen and oxygen atoms in total. The van der Waals surface area contributed by atoms with Crippen molar-refractivity contribution < 1.29 is 14.1 Å². The second kappa shape index (κ2) is 6.12. The van der Waals surface area contributed by atoms with Gasteiger partial charge in [-0.05, 0) is 26.0 Å². The molecule has 19 heavy (non-hydrogen) atoms. The van der Waals surface area contributed by atoms with E-state index in [9.17, 15) is 19.3 Å². The van der Waals surface area contributed by atoms with Gasteiger partial charge in [-0.3, -0.25) is 14.9 Å². The Morgan fingerprint density at radius 3 is 2.68 bits per heavy atom. The lowest BCUT2D eigenvalue weighted by molar-refractivity contribution is -0.386. The topological polar surface area (TPSA) is 75.5 Å². The molecule has 0 heterocycles. The fraction of sp³-hybridized carbons (Fsp3) is 0.417. The van der Waals surface area contributed by atoms with E-state index in [0.29, 0.717) is 0 Å². The first kappa shape index (κ1) is 14.9. The van der Waals surface area contributed by atoms with E-state index in [1.807, 2.05) is 13.8 Å². The van der Waals surface area contributed by atoms with Crippen LogP contribution in [0.3, 0.4) is 0 Å². The average molecular weight is 269 g/mol. The molecule has 7 heteroatoms. The minimum Gasteiger partial charge on any atom is -0.360 e. The maximum atomic E-state index is 13.4. The number of carbonyl (C=O) groups is 1. The molecule has 0 saturated heterocycles. The van der Waals surface area contributed by atoms with Crippen LogP contribution in [0.5, 0.6) is 0 Å². The van der Waals surface area contributed by atoms with Gasteiger partial charge in [-0.2, -0.15) is 4.39 Å². The summed E-state index contributed by atoms with van der Waals surface area (Å²) in [4.78, 5) is 23.0. The Bertz CT molecular complexity index is 491. The van der Waals surface area contributed by atoms with Gasteiger partial charge >= 0.3 is 5.69 Å². The van der Waals surface area contributed by atoms with Crippen molar-refractivity contribution in [3.63, 3.8) is 0 Å². The molecule has 1 aromatic carbocycles. The third-order valence-electron chi connectivity index (χ3n) is 2.39. The summed E-state index contributed by atoms with van der Waals surface area (Å²) in [5.74, 6) is -1.20. The smallest absolute Gasteiger partial charge is 0.327 e. The highest BCUT2D eigenvalue weighted by Gasteiger charge is 2.23. The molecule has 0 saturated carbocycles. The zero-order valence-electron chi connectivity index (χ0n) is 11.0. The molecule has 0 fully saturated rings. The lowest BCUT2D eigenvalue weighted by atomic mass is 10.2. The van der Waals surface area contributed by atoms with Crippen molar-refractivity contribution in [1.82, 2.24) is 5.32 Å². The predicted molar refractivity (Wildman–Crippen MR) is 69.6 cm³/mol. The maximum Gasteiger partial charge on any atom is 0.327 e. The number of amides is 1. The van der Waals surface area contributed by atoms with E-state index in [4.69, 9.17) is 0 Å². The molecule has 0 unspecified atom stereocenters. The van der Waals surface area contributed by atoms with Gasteiger partial charge in [0.15, 0.2) is 0 Å². The summed E-state index contributed by atoms with van der Waals surface area (Å²) in [6.07, 6.45) is 0. The fourth-order valence-electron chi connectivity index (χ4n) is 1.66. The summed E-state index contributed by atoms with van der Waals surface area (Å²) in [7, 11) is 1.50. The zero-order chi connectivity index (χ0) is 14.6. The number of nitro benzene ring substituents is 1. The van der Waals surface area contributed by atoms with Gasteiger partial charge in [0.25, 0.3) is 0 Å². The number of nitro groups is 1. The minimum atomic E-state index is -0.918. The van der Waals surface area contributed by atoms with E-state index in [-0.39, 0.29) is 24.2 Å². The number of nitrogens with one attached hydrogen (secondary N) is 1. The van der Waals surface area contributed by atoms with Gasteiger partial charge < -0.3 is 10.2 Å². The van der Waals surface area contributed by atoms with E-state index in [1.165, 1.54) is 24.1 Å². The van der Waals surface area contributed by atoms with Gasteiger partial charge in [0.1, 0.15) is 5.69 Å². The summed E-state index contributed by atoms with van der Waals surface area (Å²) in [6, 6.07) is 3.77. The number of likely N-dealkylation sites (N-methyl/N-ethyl adjacent to an activating group) is 1. The van der Waals surface area contributed by atoms with Gasteiger partial charge in [-0.1, -0.05) is 6.07 Å². The molecular weight excluding hydrogens is 253 g/mol. The Morgan fingerprint density at radius 2 is 2.16 bits per heavy atom. The van der Waals surface area contributed by atoms with Crippen LogP contribution in [0, 0.1) is 15.9 Å². The van der Waals surface area contributed by atoms with Crippen molar-refractivity contribution in [1.29, 1.82) is 0 Å². The first-order valence-electron chi connectivity index (χ1n) is 5.76. The van der Waals surface area contributed by atoms with Gasteiger partial charge in [-0.15, -0.1) is 0 Å². The number of hydrogen-bond acceptors (Lipinski definition) is 4. The van der Waals surface area contributed by atoms with Crippen molar-refractivity contribution >= 4 is 17.3 Å². The van der Waals surface area contributed by atoms with Crippen LogP contribution in [0.4, 0.5) is 15.8 Å². The van der Waals surface area contributed by atoms with Crippen molar-refractivity contribution in [2.75, 3.05) is 18.5 Å². The van der Waals surface area contributed by atoms with Gasteiger partial charge in [0.2, 0.25) is 11.7 Å². The van der Waals surface area contributed by atoms with Crippen molar-refractivity contribution in [2.24, 2.45) is 0 Å². The summed E-state index contributed by atoms with van der Waals surface area (Å²) in [6.45, 7) is 3.54. The molecule has 1 amide bonds.